The molecule has 8 heavy (non-hydrogen) atoms. The molecule has 1 unspecified atom stereocenters. The van der Waals surface area contributed by atoms with E-state index in [-0.39, 0.29) is 5.92 Å². The van der Waals surface area contributed by atoms with Crippen LogP contribution in [0.25, 0.3) is 4.85 Å². The van der Waals surface area contributed by atoms with E-state index in [1.807, 2.05) is 19.9 Å². The first-order valence-corrected chi connectivity index (χ1v) is 2.48. The van der Waals surface area contributed by atoms with Gasteiger partial charge in [0.15, 0.2) is 6.07 Å². The Labute approximate surface area is 49.6 Å². The molecule has 0 aliphatic carbocycles. The largest absolute Gasteiger partial charge is 0.309 e. The molecule has 0 aromatic heterocycles. The normalized spacial score (nSPS) is 12.1. The second-order valence-corrected chi connectivity index (χ2v) is 1.95. The lowest BCUT2D eigenvalue weighted by Gasteiger charge is -1.95. The molecule has 0 N–H and O–H groups in total. The summed E-state index contributed by atoms with van der Waals surface area (Å²) in [5.41, 5.74) is 0. The predicted octanol–water partition coefficient (Wildman–Crippen LogP) is 1.45. The predicted molar refractivity (Wildman–Crippen MR) is 30.8 cm³/mol. The van der Waals surface area contributed by atoms with Crippen LogP contribution >= 0.6 is 0 Å². The lowest BCUT2D eigenvalue weighted by Crippen LogP contribution is -2.06. The van der Waals surface area contributed by atoms with E-state index in [1.165, 1.54) is 0 Å². The summed E-state index contributed by atoms with van der Waals surface area (Å²) >= 11 is 0. The molecule has 42 valence electrons. The highest BCUT2D eigenvalue weighted by Crippen LogP contribution is 2.02. The zero-order valence-electron chi connectivity index (χ0n) is 5.05. The molecular formula is C6H8N2. The molecule has 0 rings (SSSR count). The number of nitriles is 1. The highest BCUT2D eigenvalue weighted by atomic mass is 14.7. The van der Waals surface area contributed by atoms with Crippen LogP contribution in [0.15, 0.2) is 0 Å². The van der Waals surface area contributed by atoms with Crippen molar-refractivity contribution in [3.63, 3.8) is 0 Å². The summed E-state index contributed by atoms with van der Waals surface area (Å²) in [7, 11) is 0. The van der Waals surface area contributed by atoms with Crippen LogP contribution in [0.2, 0.25) is 0 Å². The summed E-state index contributed by atoms with van der Waals surface area (Å²) < 4.78 is 0. The Kier molecular flexibility index (Phi) is 2.66. The second-order valence-electron chi connectivity index (χ2n) is 1.95. The van der Waals surface area contributed by atoms with Crippen LogP contribution in [0.3, 0.4) is 0 Å². The zero-order chi connectivity index (χ0) is 6.57. The van der Waals surface area contributed by atoms with Crippen molar-refractivity contribution < 1.29 is 0 Å². The molecule has 2 nitrogen and oxygen atoms in total. The fourth-order valence-corrected chi connectivity index (χ4v) is 0.327. The summed E-state index contributed by atoms with van der Waals surface area (Å²) in [4.78, 5) is 3.09. The van der Waals surface area contributed by atoms with E-state index in [0.717, 1.165) is 0 Å². The van der Waals surface area contributed by atoms with E-state index >= 15 is 0 Å². The highest BCUT2D eigenvalue weighted by Gasteiger charge is 2.14. The molecule has 0 heterocycles. The number of hydrogen-bond donors (Lipinski definition) is 0. The molecule has 0 radical (unpaired) electrons. The summed E-state index contributed by atoms with van der Waals surface area (Å²) in [5.74, 6) is 0.164. The topological polar surface area (TPSA) is 28.1 Å². The minimum absolute atomic E-state index is 0.164. The molecule has 0 spiro atoms. The minimum Gasteiger partial charge on any atom is -0.297 e. The van der Waals surface area contributed by atoms with Gasteiger partial charge in [-0.3, -0.25) is 4.85 Å². The maximum absolute atomic E-state index is 8.23. The monoisotopic (exact) mass is 108 g/mol. The Hall–Kier alpha value is -1.02. The van der Waals surface area contributed by atoms with Crippen LogP contribution in [0.4, 0.5) is 0 Å². The van der Waals surface area contributed by atoms with E-state index in [9.17, 15) is 0 Å². The Balaban J connectivity index is 3.81. The Morgan fingerprint density at radius 2 is 2.12 bits per heavy atom. The van der Waals surface area contributed by atoms with Gasteiger partial charge in [-0.1, -0.05) is 13.8 Å². The van der Waals surface area contributed by atoms with Crippen molar-refractivity contribution in [2.45, 2.75) is 19.9 Å². The molecule has 1 atom stereocenters. The van der Waals surface area contributed by atoms with Gasteiger partial charge in [0.2, 0.25) is 0 Å². The molecule has 2 heteroatoms. The smallest absolute Gasteiger partial charge is 0.297 e. The van der Waals surface area contributed by atoms with Crippen molar-refractivity contribution >= 4 is 0 Å². The van der Waals surface area contributed by atoms with Crippen LogP contribution in [-0.4, -0.2) is 6.04 Å². The average Bonchev–Trinajstić information content (AvgIpc) is 1.69. The molecule has 0 bridgehead atoms. The van der Waals surface area contributed by atoms with Crippen molar-refractivity contribution in [1.82, 2.24) is 0 Å². The maximum Gasteiger partial charge on any atom is 0.309 e. The molecule has 0 aliphatic rings. The number of nitrogens with zero attached hydrogens (tertiary/aromatic N) is 2. The SMILES string of the molecule is [C-]#[N+]C(C#N)C(C)C. The molecule has 0 saturated heterocycles. The van der Waals surface area contributed by atoms with E-state index in [0.29, 0.717) is 0 Å². The minimum atomic E-state index is -0.449. The fraction of sp³-hybridized carbons (Fsp3) is 0.667. The van der Waals surface area contributed by atoms with Crippen molar-refractivity contribution in [2.24, 2.45) is 5.92 Å². The van der Waals surface area contributed by atoms with Crippen molar-refractivity contribution in [3.8, 4) is 6.07 Å². The van der Waals surface area contributed by atoms with Crippen LogP contribution in [0.1, 0.15) is 13.8 Å². The third-order valence-corrected chi connectivity index (χ3v) is 0.903. The summed E-state index contributed by atoms with van der Waals surface area (Å²) in [6.07, 6.45) is 0. The Morgan fingerprint density at radius 3 is 2.12 bits per heavy atom. The summed E-state index contributed by atoms with van der Waals surface area (Å²) in [6, 6.07) is 1.45. The van der Waals surface area contributed by atoms with Gasteiger partial charge in [0.05, 0.1) is 0 Å². The van der Waals surface area contributed by atoms with Gasteiger partial charge in [-0.15, -0.1) is 0 Å². The lowest BCUT2D eigenvalue weighted by molar-refractivity contribution is 0.635. The molecule has 0 aromatic rings. The third kappa shape index (κ3) is 1.62. The molecule has 0 fully saturated rings. The summed E-state index contributed by atoms with van der Waals surface area (Å²) in [6.45, 7) is 10.2. The highest BCUT2D eigenvalue weighted by molar-refractivity contribution is 4.99. The van der Waals surface area contributed by atoms with Crippen LogP contribution in [-0.2, 0) is 0 Å². The quantitative estimate of drug-likeness (QED) is 0.467. The van der Waals surface area contributed by atoms with Gasteiger partial charge in [-0.2, -0.15) is 5.26 Å². The van der Waals surface area contributed by atoms with E-state index in [2.05, 4.69) is 4.85 Å². The first kappa shape index (κ1) is 6.98. The zero-order valence-corrected chi connectivity index (χ0v) is 5.05. The molecule has 0 aromatic carbocycles. The van der Waals surface area contributed by atoms with Crippen LogP contribution in [0.5, 0.6) is 0 Å². The van der Waals surface area contributed by atoms with Gasteiger partial charge in [-0.05, 0) is 0 Å². The number of rotatable bonds is 1. The van der Waals surface area contributed by atoms with Crippen LogP contribution in [0, 0.1) is 23.8 Å². The Morgan fingerprint density at radius 1 is 1.62 bits per heavy atom. The molecule has 0 saturated carbocycles. The lowest BCUT2D eigenvalue weighted by atomic mass is 10.1. The van der Waals surface area contributed by atoms with Gasteiger partial charge in [-0.25, -0.2) is 6.57 Å². The number of hydrogen-bond acceptors (Lipinski definition) is 1. The van der Waals surface area contributed by atoms with Gasteiger partial charge in [0.1, 0.15) is 0 Å². The van der Waals surface area contributed by atoms with E-state index in [1.54, 1.807) is 0 Å². The summed E-state index contributed by atoms with van der Waals surface area (Å²) in [5, 5.41) is 8.23. The second kappa shape index (κ2) is 3.04. The van der Waals surface area contributed by atoms with E-state index in [4.69, 9.17) is 11.8 Å². The standard InChI is InChI=1S/C6H8N2/c1-5(2)6(4-7)8-3/h5-6H,1-2H3. The fourth-order valence-electron chi connectivity index (χ4n) is 0.327. The maximum atomic E-state index is 8.23. The van der Waals surface area contributed by atoms with Gasteiger partial charge < -0.3 is 0 Å². The van der Waals surface area contributed by atoms with Crippen molar-refractivity contribution in [3.05, 3.63) is 11.4 Å². The van der Waals surface area contributed by atoms with Gasteiger partial charge in [0.25, 0.3) is 0 Å². The van der Waals surface area contributed by atoms with Crippen molar-refractivity contribution in [1.29, 1.82) is 5.26 Å². The van der Waals surface area contributed by atoms with E-state index < -0.39 is 6.04 Å². The first-order valence-electron chi connectivity index (χ1n) is 2.48. The molecular weight excluding hydrogens is 100 g/mol. The molecule has 0 aliphatic heterocycles. The van der Waals surface area contributed by atoms with Gasteiger partial charge in [0, 0.05) is 5.92 Å². The third-order valence-electron chi connectivity index (χ3n) is 0.903. The Bertz CT molecular complexity index is 122. The van der Waals surface area contributed by atoms with Crippen molar-refractivity contribution in [2.75, 3.05) is 0 Å². The average molecular weight is 108 g/mol. The van der Waals surface area contributed by atoms with Gasteiger partial charge >= 0.3 is 6.04 Å². The van der Waals surface area contributed by atoms with Crippen LogP contribution < -0.4 is 0 Å². The molecule has 0 amide bonds. The first-order chi connectivity index (χ1) is 3.72.